The first-order valence-corrected chi connectivity index (χ1v) is 10.5. The van der Waals surface area contributed by atoms with Gasteiger partial charge in [-0.15, -0.1) is 0 Å². The van der Waals surface area contributed by atoms with Crippen LogP contribution in [0.5, 0.6) is 0 Å². The highest BCUT2D eigenvalue weighted by atomic mass is 15.1. The highest BCUT2D eigenvalue weighted by molar-refractivity contribution is 4.71. The van der Waals surface area contributed by atoms with Gasteiger partial charge in [0.2, 0.25) is 6.33 Å². The van der Waals surface area contributed by atoms with Crippen LogP contribution < -0.4 is 9.88 Å². The maximum Gasteiger partial charge on any atom is 0.243 e. The Kier molecular flexibility index (Phi) is 13.1. The van der Waals surface area contributed by atoms with Gasteiger partial charge < -0.3 is 10.2 Å². The Hall–Kier alpha value is -1.29. The fourth-order valence-corrected chi connectivity index (χ4v) is 2.97. The molecule has 0 saturated carbocycles. The van der Waals surface area contributed by atoms with Crippen molar-refractivity contribution in [3.8, 4) is 0 Å². The lowest BCUT2D eigenvalue weighted by molar-refractivity contribution is -0.696. The van der Waals surface area contributed by atoms with Crippen molar-refractivity contribution in [2.24, 2.45) is 0 Å². The van der Waals surface area contributed by atoms with Crippen LogP contribution in [0.2, 0.25) is 0 Å². The molecule has 1 aromatic rings. The van der Waals surface area contributed by atoms with Crippen LogP contribution in [-0.2, 0) is 13.1 Å². The number of nitrogens with zero attached hydrogens (tertiary/aromatic N) is 3. The van der Waals surface area contributed by atoms with Gasteiger partial charge in [-0.25, -0.2) is 9.13 Å². The quantitative estimate of drug-likeness (QED) is 0.360. The summed E-state index contributed by atoms with van der Waals surface area (Å²) in [6.07, 6.45) is 22.9. The standard InChI is InChI=1S/C21H41N4/c1-4-6-9-13-22-14-18-23(3)15-11-8-12-17-25-20-19-24(21-25)16-10-7-5-2/h14,18-22H,4-13,15-17H2,1-3H3/q+1/p+1/b18-14-. The molecular formula is C21H42N4+2. The van der Waals surface area contributed by atoms with E-state index < -0.39 is 0 Å². The van der Waals surface area contributed by atoms with Crippen molar-refractivity contribution in [3.63, 3.8) is 0 Å². The van der Waals surface area contributed by atoms with E-state index in [0.29, 0.717) is 0 Å². The Balaban J connectivity index is 2.01. The summed E-state index contributed by atoms with van der Waals surface area (Å²) in [7, 11) is 2.18. The second-order valence-corrected chi connectivity index (χ2v) is 7.21. The number of hydrogen-bond donors (Lipinski definition) is 1. The number of aromatic nitrogens is 2. The molecule has 1 rings (SSSR count). The molecule has 0 aliphatic heterocycles. The van der Waals surface area contributed by atoms with E-state index in [-0.39, 0.29) is 0 Å². The van der Waals surface area contributed by atoms with Crippen LogP contribution in [0.3, 0.4) is 0 Å². The van der Waals surface area contributed by atoms with E-state index in [4.69, 9.17) is 0 Å². The topological polar surface area (TPSA) is 28.7 Å². The normalized spacial score (nSPS) is 11.5. The molecule has 2 N–H and O–H groups in total. The highest BCUT2D eigenvalue weighted by Crippen LogP contribution is 2.01. The van der Waals surface area contributed by atoms with Crippen molar-refractivity contribution >= 4 is 0 Å². The molecule has 0 aromatic carbocycles. The molecule has 4 nitrogen and oxygen atoms in total. The summed E-state index contributed by atoms with van der Waals surface area (Å²) in [5.74, 6) is 0. The molecule has 1 heterocycles. The molecule has 1 aromatic heterocycles. The summed E-state index contributed by atoms with van der Waals surface area (Å²) >= 11 is 0. The van der Waals surface area contributed by atoms with Gasteiger partial charge in [-0.2, -0.15) is 0 Å². The monoisotopic (exact) mass is 350 g/mol. The first-order valence-electron chi connectivity index (χ1n) is 10.5. The first-order chi connectivity index (χ1) is 12.3. The van der Waals surface area contributed by atoms with E-state index in [1.54, 1.807) is 0 Å². The minimum absolute atomic E-state index is 1.14. The van der Waals surface area contributed by atoms with Crippen molar-refractivity contribution in [1.82, 2.24) is 9.47 Å². The molecule has 0 bridgehead atoms. The van der Waals surface area contributed by atoms with Gasteiger partial charge in [-0.05, 0) is 44.9 Å². The van der Waals surface area contributed by atoms with Crippen molar-refractivity contribution in [2.75, 3.05) is 20.1 Å². The van der Waals surface area contributed by atoms with Gasteiger partial charge in [0.25, 0.3) is 0 Å². The molecule has 0 fully saturated rings. The van der Waals surface area contributed by atoms with Gasteiger partial charge in [-0.1, -0.05) is 26.7 Å². The fraction of sp³-hybridized carbons (Fsp3) is 0.762. The minimum Gasteiger partial charge on any atom is -0.376 e. The van der Waals surface area contributed by atoms with Crippen LogP contribution in [0, 0.1) is 0 Å². The van der Waals surface area contributed by atoms with E-state index in [1.807, 2.05) is 0 Å². The zero-order valence-corrected chi connectivity index (χ0v) is 17.0. The Morgan fingerprint density at radius 3 is 2.60 bits per heavy atom. The average molecular weight is 351 g/mol. The number of quaternary nitrogens is 1. The van der Waals surface area contributed by atoms with Gasteiger partial charge in [0, 0.05) is 13.6 Å². The molecule has 0 saturated heterocycles. The third-order valence-corrected chi connectivity index (χ3v) is 4.64. The lowest BCUT2D eigenvalue weighted by atomic mass is 10.2. The zero-order chi connectivity index (χ0) is 18.2. The predicted molar refractivity (Wildman–Crippen MR) is 106 cm³/mol. The molecule has 0 spiro atoms. The van der Waals surface area contributed by atoms with Gasteiger partial charge >= 0.3 is 0 Å². The number of aryl methyl sites for hydroxylation is 2. The van der Waals surface area contributed by atoms with Crippen molar-refractivity contribution in [1.29, 1.82) is 0 Å². The summed E-state index contributed by atoms with van der Waals surface area (Å²) < 4.78 is 4.66. The second kappa shape index (κ2) is 15.0. The zero-order valence-electron chi connectivity index (χ0n) is 17.0. The van der Waals surface area contributed by atoms with E-state index in [0.717, 1.165) is 19.6 Å². The van der Waals surface area contributed by atoms with Crippen molar-refractivity contribution in [2.45, 2.75) is 84.7 Å². The van der Waals surface area contributed by atoms with Crippen LogP contribution in [0.15, 0.2) is 31.1 Å². The lowest BCUT2D eigenvalue weighted by Gasteiger charge is -2.12. The Bertz CT molecular complexity index is 439. The van der Waals surface area contributed by atoms with Crippen molar-refractivity contribution < 1.29 is 9.88 Å². The van der Waals surface area contributed by atoms with E-state index in [2.05, 4.69) is 71.4 Å². The number of imidazole rings is 1. The summed E-state index contributed by atoms with van der Waals surface area (Å²) in [6, 6.07) is 0. The van der Waals surface area contributed by atoms with Gasteiger partial charge in [0.15, 0.2) is 0 Å². The molecule has 0 aliphatic rings. The largest absolute Gasteiger partial charge is 0.376 e. The predicted octanol–water partition coefficient (Wildman–Crippen LogP) is 3.29. The summed E-state index contributed by atoms with van der Waals surface area (Å²) in [5.41, 5.74) is 0. The van der Waals surface area contributed by atoms with Gasteiger partial charge in [-0.3, -0.25) is 0 Å². The fourth-order valence-electron chi connectivity index (χ4n) is 2.97. The first kappa shape index (κ1) is 21.8. The molecule has 0 unspecified atom stereocenters. The average Bonchev–Trinajstić information content (AvgIpc) is 3.05. The Morgan fingerprint density at radius 1 is 1.00 bits per heavy atom. The molecule has 0 aliphatic carbocycles. The van der Waals surface area contributed by atoms with E-state index in [1.165, 1.54) is 64.3 Å². The third-order valence-electron chi connectivity index (χ3n) is 4.64. The molecule has 0 atom stereocenters. The van der Waals surface area contributed by atoms with Gasteiger partial charge in [0.05, 0.1) is 25.8 Å². The molecular weight excluding hydrogens is 308 g/mol. The maximum atomic E-state index is 2.33. The molecule has 4 heteroatoms. The number of unbranched alkanes of at least 4 members (excludes halogenated alkanes) is 6. The Morgan fingerprint density at radius 2 is 1.80 bits per heavy atom. The smallest absolute Gasteiger partial charge is 0.243 e. The van der Waals surface area contributed by atoms with Gasteiger partial charge in [0.1, 0.15) is 18.6 Å². The van der Waals surface area contributed by atoms with E-state index >= 15 is 0 Å². The summed E-state index contributed by atoms with van der Waals surface area (Å²) in [6.45, 7) is 9.19. The van der Waals surface area contributed by atoms with Crippen LogP contribution in [-0.4, -0.2) is 29.6 Å². The van der Waals surface area contributed by atoms with E-state index in [9.17, 15) is 0 Å². The number of nitrogens with two attached hydrogens (primary N) is 1. The molecule has 144 valence electrons. The second-order valence-electron chi connectivity index (χ2n) is 7.21. The molecule has 25 heavy (non-hydrogen) atoms. The van der Waals surface area contributed by atoms with Crippen LogP contribution in [0.25, 0.3) is 0 Å². The van der Waals surface area contributed by atoms with Crippen LogP contribution in [0.1, 0.15) is 71.6 Å². The SMILES string of the molecule is CCCCC[NH2+]/C=C\N(C)CCCCCn1cc[n+](CCCCC)c1. The number of rotatable bonds is 16. The number of hydrogen-bond acceptors (Lipinski definition) is 1. The highest BCUT2D eigenvalue weighted by Gasteiger charge is 2.03. The Labute approximate surface area is 155 Å². The van der Waals surface area contributed by atoms with Crippen LogP contribution >= 0.6 is 0 Å². The summed E-state index contributed by atoms with van der Waals surface area (Å²) in [4.78, 5) is 2.31. The lowest BCUT2D eigenvalue weighted by Crippen LogP contribution is -2.78. The van der Waals surface area contributed by atoms with Crippen LogP contribution in [0.4, 0.5) is 0 Å². The minimum atomic E-state index is 1.14. The third kappa shape index (κ3) is 11.8. The maximum absolute atomic E-state index is 2.33. The molecule has 0 amide bonds. The molecule has 0 radical (unpaired) electrons. The summed E-state index contributed by atoms with van der Waals surface area (Å²) in [5, 5.41) is 2.30. The van der Waals surface area contributed by atoms with Crippen molar-refractivity contribution in [3.05, 3.63) is 31.1 Å².